The summed E-state index contributed by atoms with van der Waals surface area (Å²) in [5.74, 6) is 0.537. The van der Waals surface area contributed by atoms with Crippen LogP contribution in [0.5, 0.6) is 0 Å². The Morgan fingerprint density at radius 3 is 2.74 bits per heavy atom. The first kappa shape index (κ1) is 20.3. The molecule has 0 radical (unpaired) electrons. The molecule has 150 valence electrons. The molecule has 0 aromatic heterocycles. The number of hydrogen-bond acceptors (Lipinski definition) is 5. The summed E-state index contributed by atoms with van der Waals surface area (Å²) in [6.07, 6.45) is 4.16. The molecule has 1 aromatic rings. The molecule has 2 fully saturated rings. The molecule has 27 heavy (non-hydrogen) atoms. The zero-order chi connectivity index (χ0) is 19.1. The van der Waals surface area contributed by atoms with Crippen LogP contribution in [0.3, 0.4) is 0 Å². The SMILES string of the molecule is O=C(NCC1CCCN(CCNS(=O)(=O)c2ccccc2)C1)C1CCCN1. The van der Waals surface area contributed by atoms with E-state index in [2.05, 4.69) is 20.3 Å². The average molecular weight is 395 g/mol. The third-order valence-corrected chi connectivity index (χ3v) is 6.80. The number of rotatable bonds is 8. The maximum Gasteiger partial charge on any atom is 0.240 e. The van der Waals surface area contributed by atoms with Gasteiger partial charge in [-0.05, 0) is 56.8 Å². The van der Waals surface area contributed by atoms with Crippen LogP contribution in [-0.2, 0) is 14.8 Å². The van der Waals surface area contributed by atoms with Crippen LogP contribution in [0, 0.1) is 5.92 Å². The van der Waals surface area contributed by atoms with Gasteiger partial charge in [0.15, 0.2) is 0 Å². The Kier molecular flexibility index (Phi) is 7.23. The lowest BCUT2D eigenvalue weighted by Crippen LogP contribution is -2.46. The highest BCUT2D eigenvalue weighted by Crippen LogP contribution is 2.16. The van der Waals surface area contributed by atoms with Crippen molar-refractivity contribution in [2.45, 2.75) is 36.6 Å². The second-order valence-electron chi connectivity index (χ2n) is 7.41. The summed E-state index contributed by atoms with van der Waals surface area (Å²) >= 11 is 0. The predicted octanol–water partition coefficient (Wildman–Crippen LogP) is 0.545. The van der Waals surface area contributed by atoms with Crippen molar-refractivity contribution in [1.29, 1.82) is 0 Å². The van der Waals surface area contributed by atoms with Crippen molar-refractivity contribution in [2.75, 3.05) is 39.3 Å². The van der Waals surface area contributed by atoms with Crippen molar-refractivity contribution >= 4 is 15.9 Å². The van der Waals surface area contributed by atoms with Gasteiger partial charge in [-0.3, -0.25) is 4.79 Å². The molecule has 8 heteroatoms. The van der Waals surface area contributed by atoms with Gasteiger partial charge in [0, 0.05) is 26.2 Å². The molecule has 2 aliphatic rings. The fourth-order valence-electron chi connectivity index (χ4n) is 3.82. The van der Waals surface area contributed by atoms with Crippen molar-refractivity contribution in [3.05, 3.63) is 30.3 Å². The van der Waals surface area contributed by atoms with Crippen molar-refractivity contribution in [3.63, 3.8) is 0 Å². The summed E-state index contributed by atoms with van der Waals surface area (Å²) in [5.41, 5.74) is 0. The minimum Gasteiger partial charge on any atom is -0.354 e. The van der Waals surface area contributed by atoms with E-state index in [1.807, 2.05) is 0 Å². The van der Waals surface area contributed by atoms with E-state index in [0.717, 1.165) is 45.3 Å². The molecular weight excluding hydrogens is 364 g/mol. The Bertz CT molecular complexity index is 705. The average Bonchev–Trinajstić information content (AvgIpc) is 3.22. The van der Waals surface area contributed by atoms with Gasteiger partial charge in [-0.15, -0.1) is 0 Å². The summed E-state index contributed by atoms with van der Waals surface area (Å²) in [6.45, 7) is 4.56. The standard InChI is InChI=1S/C19H30N4O3S/c24-19(18-9-4-10-20-18)21-14-16-6-5-12-23(15-16)13-11-22-27(25,26)17-7-2-1-3-8-17/h1-3,7-8,16,18,20,22H,4-6,9-15H2,(H,21,24). The number of amides is 1. The molecule has 7 nitrogen and oxygen atoms in total. The number of nitrogens with one attached hydrogen (secondary N) is 3. The van der Waals surface area contributed by atoms with Crippen LogP contribution in [0.25, 0.3) is 0 Å². The van der Waals surface area contributed by atoms with Gasteiger partial charge in [-0.2, -0.15) is 0 Å². The Balaban J connectivity index is 1.38. The Labute approximate surface area is 161 Å². The first-order valence-corrected chi connectivity index (χ1v) is 11.3. The number of piperidine rings is 1. The van der Waals surface area contributed by atoms with Gasteiger partial charge >= 0.3 is 0 Å². The van der Waals surface area contributed by atoms with Crippen LogP contribution in [0.4, 0.5) is 0 Å². The molecule has 0 bridgehead atoms. The number of nitrogens with zero attached hydrogens (tertiary/aromatic N) is 1. The fraction of sp³-hybridized carbons (Fsp3) is 0.632. The van der Waals surface area contributed by atoms with Crippen LogP contribution >= 0.6 is 0 Å². The summed E-state index contributed by atoms with van der Waals surface area (Å²) in [5, 5.41) is 6.30. The van der Waals surface area contributed by atoms with Gasteiger partial charge < -0.3 is 15.5 Å². The second-order valence-corrected chi connectivity index (χ2v) is 9.18. The van der Waals surface area contributed by atoms with E-state index in [9.17, 15) is 13.2 Å². The normalized spacial score (nSPS) is 24.0. The monoisotopic (exact) mass is 394 g/mol. The third kappa shape index (κ3) is 6.00. The molecule has 2 saturated heterocycles. The van der Waals surface area contributed by atoms with E-state index in [-0.39, 0.29) is 11.9 Å². The number of likely N-dealkylation sites (tertiary alicyclic amines) is 1. The van der Waals surface area contributed by atoms with Gasteiger partial charge in [0.1, 0.15) is 0 Å². The highest BCUT2D eigenvalue weighted by atomic mass is 32.2. The molecule has 2 atom stereocenters. The third-order valence-electron chi connectivity index (χ3n) is 5.32. The number of sulfonamides is 1. The zero-order valence-corrected chi connectivity index (χ0v) is 16.5. The topological polar surface area (TPSA) is 90.5 Å². The van der Waals surface area contributed by atoms with Gasteiger partial charge in [0.2, 0.25) is 15.9 Å². The number of benzene rings is 1. The van der Waals surface area contributed by atoms with Crippen LogP contribution in [-0.4, -0.2) is 64.5 Å². The molecule has 0 aliphatic carbocycles. The lowest BCUT2D eigenvalue weighted by Gasteiger charge is -2.33. The van der Waals surface area contributed by atoms with Crippen LogP contribution in [0.1, 0.15) is 25.7 Å². The van der Waals surface area contributed by atoms with Crippen molar-refractivity contribution < 1.29 is 13.2 Å². The van der Waals surface area contributed by atoms with E-state index < -0.39 is 10.0 Å². The van der Waals surface area contributed by atoms with E-state index in [1.54, 1.807) is 30.3 Å². The first-order valence-electron chi connectivity index (χ1n) is 9.83. The Hall–Kier alpha value is -1.48. The van der Waals surface area contributed by atoms with E-state index >= 15 is 0 Å². The van der Waals surface area contributed by atoms with Gasteiger partial charge in [0.25, 0.3) is 0 Å². The largest absolute Gasteiger partial charge is 0.354 e. The lowest BCUT2D eigenvalue weighted by molar-refractivity contribution is -0.123. The Morgan fingerprint density at radius 2 is 2.00 bits per heavy atom. The van der Waals surface area contributed by atoms with E-state index in [0.29, 0.717) is 30.4 Å². The molecule has 1 aromatic carbocycles. The second kappa shape index (κ2) is 9.64. The van der Waals surface area contributed by atoms with Crippen molar-refractivity contribution in [3.8, 4) is 0 Å². The molecule has 2 heterocycles. The lowest BCUT2D eigenvalue weighted by atomic mass is 9.98. The quantitative estimate of drug-likeness (QED) is 0.599. The van der Waals surface area contributed by atoms with Crippen LogP contribution in [0.2, 0.25) is 0 Å². The molecular formula is C19H30N4O3S. The molecule has 1 amide bonds. The maximum absolute atomic E-state index is 12.3. The van der Waals surface area contributed by atoms with Crippen molar-refractivity contribution in [1.82, 2.24) is 20.3 Å². The summed E-state index contributed by atoms with van der Waals surface area (Å²) < 4.78 is 27.2. The molecule has 0 saturated carbocycles. The Morgan fingerprint density at radius 1 is 1.19 bits per heavy atom. The minimum atomic E-state index is -3.45. The number of carbonyl (C=O) groups excluding carboxylic acids is 1. The van der Waals surface area contributed by atoms with E-state index in [1.165, 1.54) is 0 Å². The molecule has 2 aliphatic heterocycles. The number of hydrogen-bond donors (Lipinski definition) is 3. The fourth-order valence-corrected chi connectivity index (χ4v) is 4.86. The van der Waals surface area contributed by atoms with Gasteiger partial charge in [-0.25, -0.2) is 13.1 Å². The van der Waals surface area contributed by atoms with E-state index in [4.69, 9.17) is 0 Å². The van der Waals surface area contributed by atoms with Gasteiger partial charge in [0.05, 0.1) is 10.9 Å². The zero-order valence-electron chi connectivity index (χ0n) is 15.7. The van der Waals surface area contributed by atoms with Crippen molar-refractivity contribution in [2.24, 2.45) is 5.92 Å². The molecule has 3 N–H and O–H groups in total. The van der Waals surface area contributed by atoms with Crippen LogP contribution < -0.4 is 15.4 Å². The smallest absolute Gasteiger partial charge is 0.240 e. The molecule has 2 unspecified atom stereocenters. The minimum absolute atomic E-state index is 0.0305. The highest BCUT2D eigenvalue weighted by Gasteiger charge is 2.24. The number of carbonyl (C=O) groups is 1. The maximum atomic E-state index is 12.3. The summed E-state index contributed by atoms with van der Waals surface area (Å²) in [7, 11) is -3.45. The summed E-state index contributed by atoms with van der Waals surface area (Å²) in [4.78, 5) is 14.7. The highest BCUT2D eigenvalue weighted by molar-refractivity contribution is 7.89. The van der Waals surface area contributed by atoms with Gasteiger partial charge in [-0.1, -0.05) is 18.2 Å². The molecule has 0 spiro atoms. The van der Waals surface area contributed by atoms with Crippen LogP contribution in [0.15, 0.2) is 35.2 Å². The first-order chi connectivity index (χ1) is 13.0. The predicted molar refractivity (Wildman–Crippen MR) is 105 cm³/mol. The summed E-state index contributed by atoms with van der Waals surface area (Å²) in [6, 6.07) is 8.41. The molecule has 3 rings (SSSR count).